The second-order valence-corrected chi connectivity index (χ2v) is 2.82. The number of likely N-dealkylation sites (tertiary alicyclic amines) is 1. The summed E-state index contributed by atoms with van der Waals surface area (Å²) in [5.41, 5.74) is 5.80. The Bertz CT molecular complexity index is 105. The fourth-order valence-electron chi connectivity index (χ4n) is 1.48. The zero-order valence-corrected chi connectivity index (χ0v) is 11.2. The summed E-state index contributed by atoms with van der Waals surface area (Å²) in [4.78, 5) is 2.42. The van der Waals surface area contributed by atoms with Crippen molar-refractivity contribution in [3.63, 3.8) is 0 Å². The average molecular weight is 394 g/mol. The number of halogens is 2. The van der Waals surface area contributed by atoms with Crippen molar-refractivity contribution in [3.05, 3.63) is 0 Å². The Morgan fingerprint density at radius 2 is 1.92 bits per heavy atom. The van der Waals surface area contributed by atoms with Gasteiger partial charge in [0.25, 0.3) is 0 Å². The zero-order valence-electron chi connectivity index (χ0n) is 7.37. The molecular formula is C7H16Cl2N2Pt. The van der Waals surface area contributed by atoms with E-state index in [0.717, 1.165) is 6.54 Å². The van der Waals surface area contributed by atoms with Crippen LogP contribution < -0.4 is 30.5 Å². The molecule has 12 heavy (non-hydrogen) atoms. The minimum absolute atomic E-state index is 0. The first-order valence-corrected chi connectivity index (χ1v) is 3.75. The number of hydrogen-bond donors (Lipinski definition) is 1. The van der Waals surface area contributed by atoms with Gasteiger partial charge in [-0.05, 0) is 26.4 Å². The molecule has 2 atom stereocenters. The number of hydrogen-bond acceptors (Lipinski definition) is 2. The topological polar surface area (TPSA) is 29.3 Å². The molecule has 1 heterocycles. The van der Waals surface area contributed by atoms with E-state index in [1.54, 1.807) is 0 Å². The van der Waals surface area contributed by atoms with E-state index in [1.807, 2.05) is 0 Å². The van der Waals surface area contributed by atoms with Gasteiger partial charge in [0.1, 0.15) is 0 Å². The number of rotatable bonds is 1. The summed E-state index contributed by atoms with van der Waals surface area (Å²) >= 11 is 0. The molecule has 2 nitrogen and oxygen atoms in total. The molecule has 0 aliphatic carbocycles. The predicted octanol–water partition coefficient (Wildman–Crippen LogP) is -5.57. The van der Waals surface area contributed by atoms with Crippen molar-refractivity contribution >= 4 is 0 Å². The van der Waals surface area contributed by atoms with Crippen LogP contribution in [0.2, 0.25) is 0 Å². The van der Waals surface area contributed by atoms with Crippen LogP contribution in [0.5, 0.6) is 0 Å². The van der Waals surface area contributed by atoms with Crippen LogP contribution in [0.1, 0.15) is 20.3 Å². The van der Waals surface area contributed by atoms with E-state index >= 15 is 0 Å². The molecule has 2 N–H and O–H groups in total. The molecule has 1 saturated heterocycles. The van der Waals surface area contributed by atoms with Crippen LogP contribution in [0.3, 0.4) is 0 Å². The number of nitrogens with two attached hydrogens (primary N) is 1. The van der Waals surface area contributed by atoms with E-state index in [4.69, 9.17) is 5.73 Å². The van der Waals surface area contributed by atoms with Gasteiger partial charge in [0, 0.05) is 12.1 Å². The Morgan fingerprint density at radius 1 is 1.42 bits per heavy atom. The minimum Gasteiger partial charge on any atom is -1.00 e. The SMILES string of the molecule is CCN1CCC(N)C1C.[Cl-].[Cl-].[Pt+2]. The van der Waals surface area contributed by atoms with E-state index in [2.05, 4.69) is 18.7 Å². The molecule has 0 saturated carbocycles. The summed E-state index contributed by atoms with van der Waals surface area (Å²) in [5, 5.41) is 0. The molecule has 0 spiro atoms. The standard InChI is InChI=1S/C7H16N2.2ClH.Pt/c1-3-9-5-4-7(8)6(9)2;;;/h6-7H,3-5,8H2,1-2H3;2*1H;/q;;;+2/p-2. The molecule has 1 fully saturated rings. The Balaban J connectivity index is -0.000000270. The van der Waals surface area contributed by atoms with Crippen molar-refractivity contribution in [1.29, 1.82) is 0 Å². The van der Waals surface area contributed by atoms with Gasteiger partial charge in [0.15, 0.2) is 0 Å². The molecule has 1 rings (SSSR count). The number of likely N-dealkylation sites (N-methyl/N-ethyl adjacent to an activating group) is 1. The van der Waals surface area contributed by atoms with Gasteiger partial charge in [0.2, 0.25) is 0 Å². The third-order valence-electron chi connectivity index (χ3n) is 2.35. The summed E-state index contributed by atoms with van der Waals surface area (Å²) in [6.07, 6.45) is 1.18. The van der Waals surface area contributed by atoms with Gasteiger partial charge in [-0.1, -0.05) is 6.92 Å². The zero-order chi connectivity index (χ0) is 6.85. The summed E-state index contributed by atoms with van der Waals surface area (Å²) in [6.45, 7) is 6.74. The first-order chi connectivity index (χ1) is 4.25. The quantitative estimate of drug-likeness (QED) is 0.481. The third kappa shape index (κ3) is 4.43. The average Bonchev–Trinajstić information content (AvgIpc) is 2.15. The van der Waals surface area contributed by atoms with Crippen LogP contribution in [0.4, 0.5) is 0 Å². The molecule has 0 aromatic heterocycles. The van der Waals surface area contributed by atoms with Crippen molar-refractivity contribution in [3.8, 4) is 0 Å². The molecule has 0 amide bonds. The van der Waals surface area contributed by atoms with Gasteiger partial charge in [-0.3, -0.25) is 4.90 Å². The van der Waals surface area contributed by atoms with E-state index in [9.17, 15) is 0 Å². The van der Waals surface area contributed by atoms with Gasteiger partial charge in [-0.2, -0.15) is 0 Å². The Kier molecular flexibility index (Phi) is 13.8. The molecule has 0 aromatic rings. The van der Waals surface area contributed by atoms with Crippen molar-refractivity contribution in [2.75, 3.05) is 13.1 Å². The van der Waals surface area contributed by atoms with Gasteiger partial charge in [0.05, 0.1) is 0 Å². The molecule has 1 aliphatic rings. The summed E-state index contributed by atoms with van der Waals surface area (Å²) in [6, 6.07) is 1.03. The van der Waals surface area contributed by atoms with Crippen LogP contribution >= 0.6 is 0 Å². The maximum absolute atomic E-state index is 5.80. The summed E-state index contributed by atoms with van der Waals surface area (Å²) in [7, 11) is 0. The molecular weight excluding hydrogens is 378 g/mol. The van der Waals surface area contributed by atoms with Gasteiger partial charge in [-0.15, -0.1) is 0 Å². The second kappa shape index (κ2) is 8.77. The van der Waals surface area contributed by atoms with Crippen molar-refractivity contribution in [1.82, 2.24) is 4.90 Å². The van der Waals surface area contributed by atoms with Crippen molar-refractivity contribution in [2.24, 2.45) is 5.73 Å². The second-order valence-electron chi connectivity index (χ2n) is 2.82. The molecule has 1 aliphatic heterocycles. The molecule has 0 aromatic carbocycles. The molecule has 5 heteroatoms. The molecule has 0 bridgehead atoms. The smallest absolute Gasteiger partial charge is 1.00 e. The maximum atomic E-state index is 5.80. The minimum atomic E-state index is 0. The van der Waals surface area contributed by atoms with Crippen molar-refractivity contribution < 1.29 is 45.9 Å². The van der Waals surface area contributed by atoms with Gasteiger partial charge < -0.3 is 30.5 Å². The Hall–Kier alpha value is 1.19. The van der Waals surface area contributed by atoms with Crippen LogP contribution in [-0.4, -0.2) is 30.1 Å². The van der Waals surface area contributed by atoms with Gasteiger partial charge >= 0.3 is 21.1 Å². The fraction of sp³-hybridized carbons (Fsp3) is 1.00. The fourth-order valence-corrected chi connectivity index (χ4v) is 1.48. The monoisotopic (exact) mass is 393 g/mol. The Morgan fingerprint density at radius 3 is 2.08 bits per heavy atom. The van der Waals surface area contributed by atoms with Crippen LogP contribution in [0.25, 0.3) is 0 Å². The van der Waals surface area contributed by atoms with Gasteiger partial charge in [-0.25, -0.2) is 0 Å². The van der Waals surface area contributed by atoms with Crippen LogP contribution in [0, 0.1) is 0 Å². The van der Waals surface area contributed by atoms with E-state index in [-0.39, 0.29) is 45.9 Å². The molecule has 0 radical (unpaired) electrons. The van der Waals surface area contributed by atoms with Crippen LogP contribution in [0.15, 0.2) is 0 Å². The first-order valence-electron chi connectivity index (χ1n) is 3.75. The third-order valence-corrected chi connectivity index (χ3v) is 2.35. The van der Waals surface area contributed by atoms with E-state index in [0.29, 0.717) is 12.1 Å². The Labute approximate surface area is 102 Å². The van der Waals surface area contributed by atoms with E-state index < -0.39 is 0 Å². The van der Waals surface area contributed by atoms with E-state index in [1.165, 1.54) is 13.0 Å². The molecule has 2 unspecified atom stereocenters. The van der Waals surface area contributed by atoms with Crippen LogP contribution in [-0.2, 0) is 21.1 Å². The first kappa shape index (κ1) is 18.9. The number of nitrogens with zero attached hydrogens (tertiary/aromatic N) is 1. The largest absolute Gasteiger partial charge is 2.00 e. The summed E-state index contributed by atoms with van der Waals surface area (Å²) in [5.74, 6) is 0. The molecule has 78 valence electrons. The predicted molar refractivity (Wildman–Crippen MR) is 39.3 cm³/mol. The van der Waals surface area contributed by atoms with Crippen molar-refractivity contribution in [2.45, 2.75) is 32.4 Å². The summed E-state index contributed by atoms with van der Waals surface area (Å²) < 4.78 is 0. The normalized spacial score (nSPS) is 28.2. The maximum Gasteiger partial charge on any atom is 2.00 e.